The van der Waals surface area contributed by atoms with Gasteiger partial charge in [0.15, 0.2) is 0 Å². The minimum absolute atomic E-state index is 0.0862. The van der Waals surface area contributed by atoms with E-state index >= 15 is 0 Å². The van der Waals surface area contributed by atoms with Crippen molar-refractivity contribution in [2.75, 3.05) is 0 Å². The molecule has 0 aliphatic rings. The van der Waals surface area contributed by atoms with Crippen LogP contribution in [0.2, 0.25) is 0 Å². The van der Waals surface area contributed by atoms with E-state index in [1.165, 1.54) is 12.1 Å². The fraction of sp³-hybridized carbons (Fsp3) is 0.0714. The van der Waals surface area contributed by atoms with E-state index in [0.29, 0.717) is 0 Å². The van der Waals surface area contributed by atoms with Gasteiger partial charge >= 0.3 is 10.4 Å². The van der Waals surface area contributed by atoms with Crippen molar-refractivity contribution in [2.24, 2.45) is 0 Å². The van der Waals surface area contributed by atoms with Gasteiger partial charge in [0.25, 0.3) is 0 Å². The Morgan fingerprint density at radius 1 is 1.15 bits per heavy atom. The molecule has 1 N–H and O–H groups in total. The van der Waals surface area contributed by atoms with Gasteiger partial charge in [0, 0.05) is 12.4 Å². The Bertz CT molecular complexity index is 613. The van der Waals surface area contributed by atoms with Crippen molar-refractivity contribution in [1.82, 2.24) is 4.98 Å². The van der Waals surface area contributed by atoms with E-state index in [-0.39, 0.29) is 5.75 Å². The fourth-order valence-electron chi connectivity index (χ4n) is 1.30. The van der Waals surface area contributed by atoms with Crippen LogP contribution in [0.15, 0.2) is 60.9 Å². The third-order valence-corrected chi connectivity index (χ3v) is 2.39. The molecule has 106 valence electrons. The smallest absolute Gasteiger partial charge is 0.362 e. The molecule has 0 unspecified atom stereocenters. The summed E-state index contributed by atoms with van der Waals surface area (Å²) in [7, 11) is -4.43. The Morgan fingerprint density at radius 2 is 1.85 bits per heavy atom. The molecule has 20 heavy (non-hydrogen) atoms. The topological polar surface area (TPSA) is 76.5 Å². The lowest BCUT2D eigenvalue weighted by atomic mass is 10.2. The summed E-state index contributed by atoms with van der Waals surface area (Å²) in [6.07, 6.45) is 7.10. The monoisotopic (exact) mass is 293 g/mol. The van der Waals surface area contributed by atoms with Gasteiger partial charge in [-0.25, -0.2) is 0 Å². The molecular formula is C14H15NO4S. The predicted octanol–water partition coefficient (Wildman–Crippen LogP) is 2.98. The Labute approximate surface area is 118 Å². The van der Waals surface area contributed by atoms with Crippen LogP contribution in [0.1, 0.15) is 12.5 Å². The van der Waals surface area contributed by atoms with Crippen LogP contribution in [-0.4, -0.2) is 18.0 Å². The summed E-state index contributed by atoms with van der Waals surface area (Å²) in [6.45, 7) is 1.84. The fourth-order valence-corrected chi connectivity index (χ4v) is 1.64. The van der Waals surface area contributed by atoms with Gasteiger partial charge in [-0.05, 0) is 36.8 Å². The van der Waals surface area contributed by atoms with E-state index in [2.05, 4.69) is 9.17 Å². The summed E-state index contributed by atoms with van der Waals surface area (Å²) in [4.78, 5) is 3.78. The zero-order valence-corrected chi connectivity index (χ0v) is 11.7. The second-order valence-electron chi connectivity index (χ2n) is 3.61. The van der Waals surface area contributed by atoms with Crippen LogP contribution in [0.4, 0.5) is 0 Å². The second kappa shape index (κ2) is 8.08. The summed E-state index contributed by atoms with van der Waals surface area (Å²) in [6, 6.07) is 12.1. The predicted molar refractivity (Wildman–Crippen MR) is 77.6 cm³/mol. The van der Waals surface area contributed by atoms with Crippen LogP contribution < -0.4 is 4.18 Å². The SMILES string of the molecule is C/C=C\c1cccc(OS(=O)(=O)O)c1.c1ccncc1. The molecule has 0 radical (unpaired) electrons. The summed E-state index contributed by atoms with van der Waals surface area (Å²) < 4.78 is 33.5. The molecule has 1 aromatic carbocycles. The van der Waals surface area contributed by atoms with E-state index in [0.717, 1.165) is 5.56 Å². The number of hydrogen-bond donors (Lipinski definition) is 1. The lowest BCUT2D eigenvalue weighted by molar-refractivity contribution is 0.387. The molecule has 6 heteroatoms. The maximum Gasteiger partial charge on any atom is 0.446 e. The summed E-state index contributed by atoms with van der Waals surface area (Å²) in [5.74, 6) is 0.0862. The first kappa shape index (κ1) is 15.9. The molecule has 2 rings (SSSR count). The number of aromatic nitrogens is 1. The van der Waals surface area contributed by atoms with E-state index in [4.69, 9.17) is 4.55 Å². The van der Waals surface area contributed by atoms with E-state index < -0.39 is 10.4 Å². The Hall–Kier alpha value is -2.18. The summed E-state index contributed by atoms with van der Waals surface area (Å²) in [5, 5.41) is 0. The van der Waals surface area contributed by atoms with Crippen LogP contribution >= 0.6 is 0 Å². The van der Waals surface area contributed by atoms with Crippen molar-refractivity contribution in [3.05, 3.63) is 66.5 Å². The molecule has 2 aromatic rings. The van der Waals surface area contributed by atoms with Crippen LogP contribution in [0.5, 0.6) is 5.75 Å². The maximum atomic E-state index is 10.4. The van der Waals surface area contributed by atoms with Gasteiger partial charge in [-0.3, -0.25) is 9.54 Å². The number of hydrogen-bond acceptors (Lipinski definition) is 4. The molecule has 0 fully saturated rings. The lowest BCUT2D eigenvalue weighted by Gasteiger charge is -2.01. The minimum Gasteiger partial charge on any atom is -0.362 e. The van der Waals surface area contributed by atoms with Gasteiger partial charge in [-0.1, -0.05) is 30.4 Å². The molecular weight excluding hydrogens is 278 g/mol. The highest BCUT2D eigenvalue weighted by molar-refractivity contribution is 7.81. The van der Waals surface area contributed by atoms with Gasteiger partial charge in [-0.15, -0.1) is 0 Å². The Morgan fingerprint density at radius 3 is 2.30 bits per heavy atom. The Balaban J connectivity index is 0.000000276. The number of pyridine rings is 1. The first-order valence-corrected chi connectivity index (χ1v) is 7.12. The number of rotatable bonds is 3. The van der Waals surface area contributed by atoms with E-state index in [1.807, 2.05) is 31.2 Å². The Kier molecular flexibility index (Phi) is 6.42. The number of nitrogens with zero attached hydrogens (tertiary/aromatic N) is 1. The van der Waals surface area contributed by atoms with Gasteiger partial charge < -0.3 is 4.18 Å². The molecule has 0 saturated heterocycles. The zero-order chi connectivity index (χ0) is 14.8. The van der Waals surface area contributed by atoms with Crippen molar-refractivity contribution in [2.45, 2.75) is 6.92 Å². The molecule has 1 heterocycles. The third kappa shape index (κ3) is 7.30. The van der Waals surface area contributed by atoms with Crippen molar-refractivity contribution >= 4 is 16.5 Å². The normalized spacial score (nSPS) is 10.7. The minimum atomic E-state index is -4.43. The molecule has 0 amide bonds. The van der Waals surface area contributed by atoms with Gasteiger partial charge in [0.05, 0.1) is 0 Å². The molecule has 0 atom stereocenters. The van der Waals surface area contributed by atoms with E-state index in [9.17, 15) is 8.42 Å². The van der Waals surface area contributed by atoms with Crippen molar-refractivity contribution in [3.8, 4) is 5.75 Å². The number of allylic oxidation sites excluding steroid dienone is 1. The second-order valence-corrected chi connectivity index (χ2v) is 4.63. The molecule has 0 bridgehead atoms. The van der Waals surface area contributed by atoms with Gasteiger partial charge in [0.1, 0.15) is 5.75 Å². The largest absolute Gasteiger partial charge is 0.446 e. The first-order chi connectivity index (χ1) is 9.51. The molecule has 0 aliphatic heterocycles. The number of benzene rings is 1. The van der Waals surface area contributed by atoms with Gasteiger partial charge in [0.2, 0.25) is 0 Å². The summed E-state index contributed by atoms with van der Waals surface area (Å²) in [5.41, 5.74) is 0.800. The molecule has 0 aliphatic carbocycles. The van der Waals surface area contributed by atoms with Crippen LogP contribution in [-0.2, 0) is 10.4 Å². The highest BCUT2D eigenvalue weighted by Gasteiger charge is 2.05. The van der Waals surface area contributed by atoms with Crippen LogP contribution in [0, 0.1) is 0 Å². The highest BCUT2D eigenvalue weighted by Crippen LogP contribution is 2.15. The lowest BCUT2D eigenvalue weighted by Crippen LogP contribution is -2.06. The van der Waals surface area contributed by atoms with E-state index in [1.54, 1.807) is 30.6 Å². The van der Waals surface area contributed by atoms with Crippen molar-refractivity contribution in [1.29, 1.82) is 0 Å². The zero-order valence-electron chi connectivity index (χ0n) is 10.9. The molecule has 0 saturated carbocycles. The maximum absolute atomic E-state index is 10.4. The molecule has 1 aromatic heterocycles. The summed E-state index contributed by atoms with van der Waals surface area (Å²) >= 11 is 0. The standard InChI is InChI=1S/C9H10O4S.C5H5N/c1-2-4-8-5-3-6-9(7-8)13-14(10,11)12;1-2-4-6-5-3-1/h2-7H,1H3,(H,10,11,12);1-5H/b4-2-;. The van der Waals surface area contributed by atoms with Crippen LogP contribution in [0.3, 0.4) is 0 Å². The quantitative estimate of drug-likeness (QED) is 0.880. The highest BCUT2D eigenvalue weighted by atomic mass is 32.3. The molecule has 0 spiro atoms. The molecule has 5 nitrogen and oxygen atoms in total. The van der Waals surface area contributed by atoms with Crippen LogP contribution in [0.25, 0.3) is 6.08 Å². The average molecular weight is 293 g/mol. The van der Waals surface area contributed by atoms with Crippen molar-refractivity contribution < 1.29 is 17.2 Å². The average Bonchev–Trinajstić information content (AvgIpc) is 2.40. The van der Waals surface area contributed by atoms with Gasteiger partial charge in [-0.2, -0.15) is 8.42 Å². The first-order valence-electron chi connectivity index (χ1n) is 5.76. The van der Waals surface area contributed by atoms with Crippen molar-refractivity contribution in [3.63, 3.8) is 0 Å². The third-order valence-electron chi connectivity index (χ3n) is 1.99.